The molecule has 1 atom stereocenters. The van der Waals surface area contributed by atoms with E-state index in [2.05, 4.69) is 20.4 Å². The standard InChI is InChI=1S/C22H18N4O/c27-22(19-6-2-1-3-7-19,21-9-5-15-24-26-21)16-17-10-12-18(13-11-17)20-8-4-14-23-25-20/h1-15,27H,16H2. The Balaban J connectivity index is 1.68. The highest BCUT2D eigenvalue weighted by Gasteiger charge is 2.33. The average molecular weight is 354 g/mol. The van der Waals surface area contributed by atoms with E-state index in [1.54, 1.807) is 24.5 Å². The summed E-state index contributed by atoms with van der Waals surface area (Å²) in [6.07, 6.45) is 3.64. The largest absolute Gasteiger partial charge is 0.378 e. The second-order valence-corrected chi connectivity index (χ2v) is 6.32. The molecule has 2 aromatic carbocycles. The summed E-state index contributed by atoms with van der Waals surface area (Å²) in [6, 6.07) is 24.9. The van der Waals surface area contributed by atoms with E-state index in [0.29, 0.717) is 12.1 Å². The highest BCUT2D eigenvalue weighted by Crippen LogP contribution is 2.32. The molecule has 0 bridgehead atoms. The predicted octanol–water partition coefficient (Wildman–Crippen LogP) is 3.41. The SMILES string of the molecule is OC(Cc1ccc(-c2cccnn2)cc1)(c1ccccc1)c1cccnn1. The molecule has 0 spiro atoms. The predicted molar refractivity (Wildman–Crippen MR) is 103 cm³/mol. The zero-order valence-electron chi connectivity index (χ0n) is 14.6. The first-order valence-electron chi connectivity index (χ1n) is 8.69. The summed E-state index contributed by atoms with van der Waals surface area (Å²) in [5.74, 6) is 0. The number of aromatic nitrogens is 4. The van der Waals surface area contributed by atoms with Crippen LogP contribution < -0.4 is 0 Å². The molecule has 2 heterocycles. The van der Waals surface area contributed by atoms with Gasteiger partial charge in [-0.25, -0.2) is 0 Å². The zero-order valence-corrected chi connectivity index (χ0v) is 14.6. The van der Waals surface area contributed by atoms with Crippen molar-refractivity contribution in [3.8, 4) is 11.3 Å². The molecule has 0 fully saturated rings. The first kappa shape index (κ1) is 17.0. The monoisotopic (exact) mass is 354 g/mol. The van der Waals surface area contributed by atoms with Crippen LogP contribution in [0.4, 0.5) is 0 Å². The van der Waals surface area contributed by atoms with Gasteiger partial charge in [-0.15, -0.1) is 0 Å². The van der Waals surface area contributed by atoms with Crippen LogP contribution in [0.3, 0.4) is 0 Å². The summed E-state index contributed by atoms with van der Waals surface area (Å²) in [5, 5.41) is 27.7. The minimum Gasteiger partial charge on any atom is -0.378 e. The Labute approximate surface area is 157 Å². The van der Waals surface area contributed by atoms with Crippen LogP contribution in [0, 0.1) is 0 Å². The molecule has 0 aliphatic heterocycles. The minimum absolute atomic E-state index is 0.385. The lowest BCUT2D eigenvalue weighted by Crippen LogP contribution is -2.31. The van der Waals surface area contributed by atoms with Gasteiger partial charge in [0.25, 0.3) is 0 Å². The van der Waals surface area contributed by atoms with Gasteiger partial charge in [0.05, 0.1) is 11.4 Å². The highest BCUT2D eigenvalue weighted by molar-refractivity contribution is 5.58. The van der Waals surface area contributed by atoms with E-state index in [0.717, 1.165) is 22.4 Å². The maximum absolute atomic E-state index is 11.6. The summed E-state index contributed by atoms with van der Waals surface area (Å²) >= 11 is 0. The summed E-state index contributed by atoms with van der Waals surface area (Å²) < 4.78 is 0. The molecule has 0 saturated carbocycles. The fraction of sp³-hybridized carbons (Fsp3) is 0.0909. The molecule has 0 aliphatic carbocycles. The molecule has 0 amide bonds. The van der Waals surface area contributed by atoms with Crippen molar-refractivity contribution in [1.29, 1.82) is 0 Å². The highest BCUT2D eigenvalue weighted by atomic mass is 16.3. The van der Waals surface area contributed by atoms with Crippen LogP contribution in [-0.4, -0.2) is 25.5 Å². The van der Waals surface area contributed by atoms with Crippen LogP contribution in [0.25, 0.3) is 11.3 Å². The number of hydrogen-bond acceptors (Lipinski definition) is 5. The molecule has 0 saturated heterocycles. The second-order valence-electron chi connectivity index (χ2n) is 6.32. The van der Waals surface area contributed by atoms with Crippen molar-refractivity contribution < 1.29 is 5.11 Å². The number of hydrogen-bond donors (Lipinski definition) is 1. The Morgan fingerprint density at radius 3 is 2.04 bits per heavy atom. The van der Waals surface area contributed by atoms with Crippen molar-refractivity contribution in [3.63, 3.8) is 0 Å². The van der Waals surface area contributed by atoms with E-state index in [1.807, 2.05) is 66.7 Å². The molecule has 4 aromatic rings. The van der Waals surface area contributed by atoms with Gasteiger partial charge >= 0.3 is 0 Å². The van der Waals surface area contributed by atoms with Gasteiger partial charge in [-0.05, 0) is 35.4 Å². The van der Waals surface area contributed by atoms with E-state index < -0.39 is 5.60 Å². The third kappa shape index (κ3) is 3.59. The van der Waals surface area contributed by atoms with E-state index in [4.69, 9.17) is 0 Å². The molecule has 5 nitrogen and oxygen atoms in total. The minimum atomic E-state index is -1.26. The third-order valence-electron chi connectivity index (χ3n) is 4.53. The quantitative estimate of drug-likeness (QED) is 0.595. The van der Waals surface area contributed by atoms with Gasteiger partial charge in [-0.3, -0.25) is 0 Å². The van der Waals surface area contributed by atoms with Crippen LogP contribution in [0.15, 0.2) is 91.3 Å². The summed E-state index contributed by atoms with van der Waals surface area (Å²) in [7, 11) is 0. The van der Waals surface area contributed by atoms with Crippen molar-refractivity contribution in [2.75, 3.05) is 0 Å². The molecule has 0 radical (unpaired) electrons. The van der Waals surface area contributed by atoms with Crippen LogP contribution in [0.5, 0.6) is 0 Å². The second kappa shape index (κ2) is 7.43. The molecule has 4 rings (SSSR count). The first-order chi connectivity index (χ1) is 13.3. The van der Waals surface area contributed by atoms with Crippen molar-refractivity contribution in [2.45, 2.75) is 12.0 Å². The summed E-state index contributed by atoms with van der Waals surface area (Å²) in [6.45, 7) is 0. The van der Waals surface area contributed by atoms with Crippen LogP contribution in [0.1, 0.15) is 16.8 Å². The molecular weight excluding hydrogens is 336 g/mol. The Morgan fingerprint density at radius 1 is 0.704 bits per heavy atom. The lowest BCUT2D eigenvalue weighted by Gasteiger charge is -2.28. The molecule has 5 heteroatoms. The van der Waals surface area contributed by atoms with Gasteiger partial charge in [0, 0.05) is 24.4 Å². The fourth-order valence-electron chi connectivity index (χ4n) is 3.12. The fourth-order valence-corrected chi connectivity index (χ4v) is 3.12. The molecular formula is C22H18N4O. The van der Waals surface area contributed by atoms with Gasteiger partial charge in [-0.1, -0.05) is 54.6 Å². The number of benzene rings is 2. The van der Waals surface area contributed by atoms with Gasteiger partial charge in [-0.2, -0.15) is 20.4 Å². The number of rotatable bonds is 5. The van der Waals surface area contributed by atoms with E-state index >= 15 is 0 Å². The Bertz CT molecular complexity index is 951. The number of aliphatic hydroxyl groups is 1. The van der Waals surface area contributed by atoms with Crippen LogP contribution in [-0.2, 0) is 12.0 Å². The van der Waals surface area contributed by atoms with E-state index in [1.165, 1.54) is 0 Å². The average Bonchev–Trinajstić information content (AvgIpc) is 2.76. The lowest BCUT2D eigenvalue weighted by molar-refractivity contribution is 0.0754. The van der Waals surface area contributed by atoms with Crippen LogP contribution in [0.2, 0.25) is 0 Å². The molecule has 2 aromatic heterocycles. The van der Waals surface area contributed by atoms with Crippen molar-refractivity contribution in [1.82, 2.24) is 20.4 Å². The molecule has 132 valence electrons. The third-order valence-corrected chi connectivity index (χ3v) is 4.53. The Kier molecular flexibility index (Phi) is 4.68. The Hall–Kier alpha value is -3.44. The van der Waals surface area contributed by atoms with Crippen LogP contribution >= 0.6 is 0 Å². The summed E-state index contributed by atoms with van der Waals surface area (Å²) in [5.41, 5.74) is 2.83. The zero-order chi connectivity index (χ0) is 18.5. The smallest absolute Gasteiger partial charge is 0.137 e. The Morgan fingerprint density at radius 2 is 1.41 bits per heavy atom. The van der Waals surface area contributed by atoms with Gasteiger partial charge in [0.1, 0.15) is 5.60 Å². The topological polar surface area (TPSA) is 71.8 Å². The van der Waals surface area contributed by atoms with Gasteiger partial charge < -0.3 is 5.11 Å². The van der Waals surface area contributed by atoms with E-state index in [9.17, 15) is 5.11 Å². The molecule has 1 unspecified atom stereocenters. The van der Waals surface area contributed by atoms with E-state index in [-0.39, 0.29) is 0 Å². The molecule has 27 heavy (non-hydrogen) atoms. The van der Waals surface area contributed by atoms with Crippen molar-refractivity contribution in [3.05, 3.63) is 108 Å². The number of nitrogens with zero attached hydrogens (tertiary/aromatic N) is 4. The summed E-state index contributed by atoms with van der Waals surface area (Å²) in [4.78, 5) is 0. The first-order valence-corrected chi connectivity index (χ1v) is 8.69. The van der Waals surface area contributed by atoms with Crippen molar-refractivity contribution in [2.24, 2.45) is 0 Å². The molecule has 1 N–H and O–H groups in total. The van der Waals surface area contributed by atoms with Gasteiger partial charge in [0.2, 0.25) is 0 Å². The normalized spacial score (nSPS) is 13.1. The molecule has 0 aliphatic rings. The maximum Gasteiger partial charge on any atom is 0.137 e. The lowest BCUT2D eigenvalue weighted by atomic mass is 9.84. The van der Waals surface area contributed by atoms with Gasteiger partial charge in [0.15, 0.2) is 0 Å². The maximum atomic E-state index is 11.6. The van der Waals surface area contributed by atoms with Crippen molar-refractivity contribution >= 4 is 0 Å².